The molecule has 246 valence electrons. The van der Waals surface area contributed by atoms with Gasteiger partial charge < -0.3 is 9.13 Å². The summed E-state index contributed by atoms with van der Waals surface area (Å²) < 4.78 is 33.8. The molecule has 0 bridgehead atoms. The fourth-order valence-corrected chi connectivity index (χ4v) is 7.37. The minimum Gasteiger partial charge on any atom is -0.309 e. The van der Waals surface area contributed by atoms with E-state index in [-0.39, 0.29) is 11.6 Å². The van der Waals surface area contributed by atoms with Gasteiger partial charge in [-0.15, -0.1) is 0 Å². The average Bonchev–Trinajstić information content (AvgIpc) is 3.70. The molecule has 52 heavy (non-hydrogen) atoms. The van der Waals surface area contributed by atoms with Crippen LogP contribution >= 0.6 is 0 Å². The van der Waals surface area contributed by atoms with E-state index in [1.807, 2.05) is 121 Å². The lowest BCUT2D eigenvalue weighted by Crippen LogP contribution is -2.03. The highest BCUT2D eigenvalue weighted by Gasteiger charge is 2.20. The van der Waals surface area contributed by atoms with Crippen LogP contribution in [0.3, 0.4) is 0 Å². The van der Waals surface area contributed by atoms with Crippen LogP contribution in [-0.2, 0) is 0 Å². The van der Waals surface area contributed by atoms with Gasteiger partial charge >= 0.3 is 0 Å². The van der Waals surface area contributed by atoms with Crippen LogP contribution < -0.4 is 0 Å². The Morgan fingerprint density at radius 3 is 1.17 bits per heavy atom. The predicted molar refractivity (Wildman–Crippen MR) is 205 cm³/mol. The maximum absolute atomic E-state index is 14.7. The summed E-state index contributed by atoms with van der Waals surface area (Å²) in [5.74, 6) is 1.01. The van der Waals surface area contributed by atoms with Crippen molar-refractivity contribution in [2.24, 2.45) is 0 Å². The monoisotopic (exact) mass is 675 g/mol. The molecule has 0 atom stereocenters. The number of nitrogens with zero attached hydrogens (tertiary/aromatic N) is 5. The Morgan fingerprint density at radius 1 is 0.327 bits per heavy atom. The van der Waals surface area contributed by atoms with Crippen LogP contribution in [0.1, 0.15) is 0 Å². The number of hydrogen-bond donors (Lipinski definition) is 0. The summed E-state index contributed by atoms with van der Waals surface area (Å²) in [7, 11) is 0. The number of aromatic nitrogens is 5. The van der Waals surface area contributed by atoms with Crippen molar-refractivity contribution in [3.05, 3.63) is 175 Å². The molecule has 10 aromatic rings. The number of para-hydroxylation sites is 2. The van der Waals surface area contributed by atoms with Crippen molar-refractivity contribution in [1.29, 1.82) is 0 Å². The fourth-order valence-electron chi connectivity index (χ4n) is 7.37. The van der Waals surface area contributed by atoms with Gasteiger partial charge in [-0.05, 0) is 66.7 Å². The molecule has 0 aliphatic heterocycles. The summed E-state index contributed by atoms with van der Waals surface area (Å²) in [5.41, 5.74) is 7.75. The SMILES string of the molecule is Fc1ccc2c(c1)c1ccccc1n2-c1cc(-c2nc(-c3ccccc3)nc(-c3ccccc3)n2)cc(-n2c3ccccc3c3cc(F)ccc32)c1. The van der Waals surface area contributed by atoms with Crippen LogP contribution in [0.5, 0.6) is 0 Å². The minimum atomic E-state index is -0.297. The second-order valence-electron chi connectivity index (χ2n) is 12.8. The summed E-state index contributed by atoms with van der Waals surface area (Å²) in [6.07, 6.45) is 0. The molecule has 0 saturated carbocycles. The zero-order valence-corrected chi connectivity index (χ0v) is 27.6. The van der Waals surface area contributed by atoms with Crippen LogP contribution in [-0.4, -0.2) is 24.1 Å². The van der Waals surface area contributed by atoms with Crippen LogP contribution in [0, 0.1) is 11.6 Å². The molecule has 0 radical (unpaired) electrons. The molecule has 0 aliphatic carbocycles. The molecule has 5 nitrogen and oxygen atoms in total. The Bertz CT molecular complexity index is 2790. The number of rotatable bonds is 5. The zero-order valence-electron chi connectivity index (χ0n) is 27.6. The van der Waals surface area contributed by atoms with Crippen molar-refractivity contribution in [2.75, 3.05) is 0 Å². The molecule has 0 fully saturated rings. The third-order valence-electron chi connectivity index (χ3n) is 9.65. The smallest absolute Gasteiger partial charge is 0.164 e. The molecular weight excluding hydrogens is 649 g/mol. The number of benzene rings is 7. The van der Waals surface area contributed by atoms with Gasteiger partial charge in [0.1, 0.15) is 11.6 Å². The van der Waals surface area contributed by atoms with Crippen LogP contribution in [0.25, 0.3) is 89.2 Å². The van der Waals surface area contributed by atoms with Gasteiger partial charge in [0.15, 0.2) is 17.5 Å². The lowest BCUT2D eigenvalue weighted by Gasteiger charge is -2.16. The Morgan fingerprint density at radius 2 is 0.712 bits per heavy atom. The Kier molecular flexibility index (Phi) is 6.79. The van der Waals surface area contributed by atoms with Gasteiger partial charge in [0.05, 0.1) is 22.1 Å². The van der Waals surface area contributed by atoms with Crippen molar-refractivity contribution < 1.29 is 8.78 Å². The third kappa shape index (κ3) is 4.86. The van der Waals surface area contributed by atoms with Crippen molar-refractivity contribution in [2.45, 2.75) is 0 Å². The van der Waals surface area contributed by atoms with E-state index in [1.165, 1.54) is 12.1 Å². The van der Waals surface area contributed by atoms with Gasteiger partial charge in [-0.25, -0.2) is 23.7 Å². The van der Waals surface area contributed by atoms with Crippen molar-refractivity contribution in [1.82, 2.24) is 24.1 Å². The number of fused-ring (bicyclic) bond motifs is 6. The quantitative estimate of drug-likeness (QED) is 0.182. The first-order valence-corrected chi connectivity index (χ1v) is 17.0. The topological polar surface area (TPSA) is 48.5 Å². The molecule has 0 unspecified atom stereocenters. The van der Waals surface area contributed by atoms with Crippen LogP contribution in [0.2, 0.25) is 0 Å². The highest BCUT2D eigenvalue weighted by molar-refractivity contribution is 6.10. The second-order valence-corrected chi connectivity index (χ2v) is 12.8. The number of halogens is 2. The second kappa shape index (κ2) is 11.8. The third-order valence-corrected chi connectivity index (χ3v) is 9.65. The molecule has 3 aromatic heterocycles. The average molecular weight is 676 g/mol. The molecule has 0 saturated heterocycles. The molecule has 7 heteroatoms. The predicted octanol–water partition coefficient (Wildman–Crippen LogP) is 11.3. The van der Waals surface area contributed by atoms with E-state index >= 15 is 0 Å². The fraction of sp³-hybridized carbons (Fsp3) is 0. The van der Waals surface area contributed by atoms with Gasteiger partial charge in [-0.2, -0.15) is 0 Å². The van der Waals surface area contributed by atoms with Gasteiger partial charge in [-0.1, -0.05) is 97.1 Å². The zero-order chi connectivity index (χ0) is 34.8. The maximum Gasteiger partial charge on any atom is 0.164 e. The molecule has 10 rings (SSSR count). The van der Waals surface area contributed by atoms with Crippen molar-refractivity contribution in [3.63, 3.8) is 0 Å². The van der Waals surface area contributed by atoms with Gasteiger partial charge in [-0.3, -0.25) is 0 Å². The van der Waals surface area contributed by atoms with E-state index in [9.17, 15) is 8.78 Å². The summed E-state index contributed by atoms with van der Waals surface area (Å²) in [6.45, 7) is 0. The van der Waals surface area contributed by atoms with E-state index in [0.29, 0.717) is 17.5 Å². The Labute approximate surface area is 296 Å². The highest BCUT2D eigenvalue weighted by atomic mass is 19.1. The van der Waals surface area contributed by atoms with Crippen LogP contribution in [0.4, 0.5) is 8.78 Å². The summed E-state index contributed by atoms with van der Waals surface area (Å²) in [6, 6.07) is 51.9. The largest absolute Gasteiger partial charge is 0.309 e. The van der Waals surface area contributed by atoms with E-state index in [2.05, 4.69) is 27.3 Å². The minimum absolute atomic E-state index is 0.297. The molecule has 0 N–H and O–H groups in total. The van der Waals surface area contributed by atoms with E-state index in [0.717, 1.165) is 71.7 Å². The lowest BCUT2D eigenvalue weighted by molar-refractivity contribution is 0.629. The van der Waals surface area contributed by atoms with Gasteiger partial charge in [0, 0.05) is 49.6 Å². The standard InChI is InChI=1S/C45H27F2N5/c46-31-19-21-41-37(25-31)35-15-7-9-17-39(35)51(41)33-23-30(24-34(27-33)52-40-18-10-8-16-36(40)38-26-32(47)20-22-42(38)52)45-49-43(28-11-3-1-4-12-28)48-44(50-45)29-13-5-2-6-14-29/h1-27H. The summed E-state index contributed by atoms with van der Waals surface area (Å²) >= 11 is 0. The number of hydrogen-bond acceptors (Lipinski definition) is 3. The molecule has 7 aromatic carbocycles. The molecule has 0 aliphatic rings. The van der Waals surface area contributed by atoms with E-state index < -0.39 is 0 Å². The van der Waals surface area contributed by atoms with Gasteiger partial charge in [0.2, 0.25) is 0 Å². The summed E-state index contributed by atoms with van der Waals surface area (Å²) in [5, 5.41) is 3.50. The molecule has 0 amide bonds. The normalized spacial score (nSPS) is 11.7. The molecule has 3 heterocycles. The van der Waals surface area contributed by atoms with Crippen LogP contribution in [0.15, 0.2) is 164 Å². The van der Waals surface area contributed by atoms with E-state index in [1.54, 1.807) is 12.1 Å². The van der Waals surface area contributed by atoms with Crippen molar-refractivity contribution >= 4 is 43.6 Å². The van der Waals surface area contributed by atoms with E-state index in [4.69, 9.17) is 15.0 Å². The summed E-state index contributed by atoms with van der Waals surface area (Å²) in [4.78, 5) is 15.1. The molecule has 0 spiro atoms. The first-order valence-electron chi connectivity index (χ1n) is 17.0. The Hall–Kier alpha value is -6.99. The maximum atomic E-state index is 14.7. The molecular formula is C45H27F2N5. The van der Waals surface area contributed by atoms with Crippen molar-refractivity contribution in [3.8, 4) is 45.5 Å². The van der Waals surface area contributed by atoms with Gasteiger partial charge in [0.25, 0.3) is 0 Å². The highest BCUT2D eigenvalue weighted by Crippen LogP contribution is 2.38. The Balaban J connectivity index is 1.32. The lowest BCUT2D eigenvalue weighted by atomic mass is 10.1. The first kappa shape index (κ1) is 29.9. The first-order chi connectivity index (χ1) is 25.6.